The van der Waals surface area contributed by atoms with E-state index in [2.05, 4.69) is 14.7 Å². The lowest BCUT2D eigenvalue weighted by molar-refractivity contribution is 0.411. The molecule has 25 heavy (non-hydrogen) atoms. The van der Waals surface area contributed by atoms with E-state index < -0.39 is 10.0 Å². The van der Waals surface area contributed by atoms with E-state index in [9.17, 15) is 8.42 Å². The molecule has 8 heteroatoms. The summed E-state index contributed by atoms with van der Waals surface area (Å²) >= 11 is 0. The Morgan fingerprint density at radius 1 is 1.08 bits per heavy atom. The number of anilines is 1. The minimum atomic E-state index is -3.66. The Morgan fingerprint density at radius 2 is 1.76 bits per heavy atom. The summed E-state index contributed by atoms with van der Waals surface area (Å²) in [6.07, 6.45) is 0. The maximum atomic E-state index is 12.7. The fraction of sp³-hybridized carbons (Fsp3) is 0.412. The van der Waals surface area contributed by atoms with E-state index in [1.54, 1.807) is 37.1 Å². The number of ether oxygens (including phenoxy) is 1. The first-order valence-corrected chi connectivity index (χ1v) is 9.29. The molecule has 0 aliphatic carbocycles. The average molecular weight is 364 g/mol. The molecule has 0 fully saturated rings. The number of hydrogen-bond donors (Lipinski definition) is 1. The average Bonchev–Trinajstić information content (AvgIpc) is 2.54. The van der Waals surface area contributed by atoms with Gasteiger partial charge in [0.2, 0.25) is 16.0 Å². The van der Waals surface area contributed by atoms with E-state index in [-0.39, 0.29) is 11.4 Å². The first-order valence-electron chi connectivity index (χ1n) is 7.81. The third kappa shape index (κ3) is 4.46. The van der Waals surface area contributed by atoms with Crippen LogP contribution in [0.5, 0.6) is 5.75 Å². The summed E-state index contributed by atoms with van der Waals surface area (Å²) in [5.41, 5.74) is 2.79. The topological polar surface area (TPSA) is 84.4 Å². The second-order valence-corrected chi connectivity index (χ2v) is 7.84. The molecule has 1 N–H and O–H groups in total. The lowest BCUT2D eigenvalue weighted by Gasteiger charge is -2.14. The standard InChI is InChI=1S/C17H24N4O3S/c1-11-8-16(12(2)7-15(11)24-6)25(22,23)18-10-14-9-13(3)19-17(20-14)21(4)5/h7-9,18H,10H2,1-6H3. The fourth-order valence-corrected chi connectivity index (χ4v) is 3.73. The van der Waals surface area contributed by atoms with E-state index in [1.165, 1.54) is 0 Å². The molecule has 0 atom stereocenters. The molecule has 2 aromatic rings. The summed E-state index contributed by atoms with van der Waals surface area (Å²) in [6, 6.07) is 5.11. The molecular formula is C17H24N4O3S. The van der Waals surface area contributed by atoms with Gasteiger partial charge in [0.05, 0.1) is 24.2 Å². The Hall–Kier alpha value is -2.19. The van der Waals surface area contributed by atoms with E-state index in [0.29, 0.717) is 23.0 Å². The first-order chi connectivity index (χ1) is 11.6. The van der Waals surface area contributed by atoms with Gasteiger partial charge in [0.1, 0.15) is 5.75 Å². The molecule has 1 heterocycles. The van der Waals surface area contributed by atoms with Crippen molar-refractivity contribution >= 4 is 16.0 Å². The number of aromatic nitrogens is 2. The lowest BCUT2D eigenvalue weighted by Crippen LogP contribution is -2.25. The van der Waals surface area contributed by atoms with Crippen LogP contribution in [0.4, 0.5) is 5.95 Å². The second-order valence-electron chi connectivity index (χ2n) is 6.11. The van der Waals surface area contributed by atoms with Crippen molar-refractivity contribution in [3.05, 3.63) is 40.7 Å². The van der Waals surface area contributed by atoms with E-state index in [4.69, 9.17) is 4.74 Å². The van der Waals surface area contributed by atoms with Crippen molar-refractivity contribution in [1.29, 1.82) is 0 Å². The number of nitrogens with zero attached hydrogens (tertiary/aromatic N) is 3. The number of hydrogen-bond acceptors (Lipinski definition) is 6. The zero-order valence-electron chi connectivity index (χ0n) is 15.4. The molecule has 7 nitrogen and oxygen atoms in total. The van der Waals surface area contributed by atoms with Crippen molar-refractivity contribution in [2.24, 2.45) is 0 Å². The normalized spacial score (nSPS) is 11.4. The van der Waals surface area contributed by atoms with Crippen LogP contribution in [0.2, 0.25) is 0 Å². The van der Waals surface area contributed by atoms with Crippen LogP contribution in [0.1, 0.15) is 22.5 Å². The molecule has 0 amide bonds. The fourth-order valence-electron chi connectivity index (χ4n) is 2.43. The zero-order valence-corrected chi connectivity index (χ0v) is 16.2. The van der Waals surface area contributed by atoms with Gasteiger partial charge in [0, 0.05) is 19.8 Å². The SMILES string of the molecule is COc1cc(C)c(S(=O)(=O)NCc2cc(C)nc(N(C)C)n2)cc1C. The summed E-state index contributed by atoms with van der Waals surface area (Å²) in [5.74, 6) is 1.21. The van der Waals surface area contributed by atoms with Gasteiger partial charge in [-0.3, -0.25) is 0 Å². The van der Waals surface area contributed by atoms with Crippen LogP contribution in [-0.4, -0.2) is 39.6 Å². The number of benzene rings is 1. The largest absolute Gasteiger partial charge is 0.496 e. The van der Waals surface area contributed by atoms with Crippen LogP contribution in [0.25, 0.3) is 0 Å². The quantitative estimate of drug-likeness (QED) is 0.843. The summed E-state index contributed by atoms with van der Waals surface area (Å²) in [6.45, 7) is 5.50. The third-order valence-corrected chi connectivity index (χ3v) is 5.26. The minimum absolute atomic E-state index is 0.0943. The van der Waals surface area contributed by atoms with Gasteiger partial charge < -0.3 is 9.64 Å². The van der Waals surface area contributed by atoms with Crippen molar-refractivity contribution in [3.8, 4) is 5.75 Å². The van der Waals surface area contributed by atoms with Gasteiger partial charge in [-0.25, -0.2) is 23.1 Å². The Morgan fingerprint density at radius 3 is 2.36 bits per heavy atom. The summed E-state index contributed by atoms with van der Waals surface area (Å²) in [5, 5.41) is 0. The summed E-state index contributed by atoms with van der Waals surface area (Å²) in [4.78, 5) is 10.7. The highest BCUT2D eigenvalue weighted by Gasteiger charge is 2.19. The second kappa shape index (κ2) is 7.37. The van der Waals surface area contributed by atoms with Crippen LogP contribution >= 0.6 is 0 Å². The van der Waals surface area contributed by atoms with E-state index in [1.807, 2.05) is 27.9 Å². The molecule has 0 saturated heterocycles. The third-order valence-electron chi connectivity index (χ3n) is 3.72. The predicted octanol–water partition coefficient (Wildman–Crippen LogP) is 1.95. The molecule has 136 valence electrons. The minimum Gasteiger partial charge on any atom is -0.496 e. The first kappa shape index (κ1) is 19.1. The molecule has 0 saturated carbocycles. The van der Waals surface area contributed by atoms with Gasteiger partial charge >= 0.3 is 0 Å². The van der Waals surface area contributed by atoms with Crippen LogP contribution in [0, 0.1) is 20.8 Å². The van der Waals surface area contributed by atoms with Crippen molar-refractivity contribution in [2.45, 2.75) is 32.2 Å². The Balaban J connectivity index is 2.27. The van der Waals surface area contributed by atoms with E-state index >= 15 is 0 Å². The van der Waals surface area contributed by atoms with Gasteiger partial charge in [-0.05, 0) is 50.1 Å². The molecule has 0 aliphatic heterocycles. The number of sulfonamides is 1. The van der Waals surface area contributed by atoms with Crippen LogP contribution in [0.15, 0.2) is 23.1 Å². The maximum Gasteiger partial charge on any atom is 0.241 e. The zero-order chi connectivity index (χ0) is 18.8. The molecule has 1 aromatic heterocycles. The summed E-state index contributed by atoms with van der Waals surface area (Å²) in [7, 11) is 1.58. The van der Waals surface area contributed by atoms with Gasteiger partial charge in [-0.2, -0.15) is 0 Å². The van der Waals surface area contributed by atoms with Crippen molar-refractivity contribution in [1.82, 2.24) is 14.7 Å². The number of nitrogens with one attached hydrogen (secondary N) is 1. The van der Waals surface area contributed by atoms with Crippen molar-refractivity contribution in [2.75, 3.05) is 26.1 Å². The summed E-state index contributed by atoms with van der Waals surface area (Å²) < 4.78 is 33.2. The molecule has 0 aliphatic rings. The van der Waals surface area contributed by atoms with Gasteiger partial charge in [-0.1, -0.05) is 0 Å². The Labute approximate surface area is 149 Å². The Kier molecular flexibility index (Phi) is 5.64. The van der Waals surface area contributed by atoms with E-state index in [0.717, 1.165) is 11.3 Å². The molecule has 2 rings (SSSR count). The number of aryl methyl sites for hydroxylation is 3. The molecule has 0 radical (unpaired) electrons. The molecular weight excluding hydrogens is 340 g/mol. The van der Waals surface area contributed by atoms with Gasteiger partial charge in [0.15, 0.2) is 0 Å². The van der Waals surface area contributed by atoms with Gasteiger partial charge in [-0.15, -0.1) is 0 Å². The highest BCUT2D eigenvalue weighted by Crippen LogP contribution is 2.25. The molecule has 1 aromatic carbocycles. The lowest BCUT2D eigenvalue weighted by atomic mass is 10.1. The van der Waals surface area contributed by atoms with Gasteiger partial charge in [0.25, 0.3) is 0 Å². The highest BCUT2D eigenvalue weighted by atomic mass is 32.2. The molecule has 0 unspecified atom stereocenters. The smallest absolute Gasteiger partial charge is 0.241 e. The van der Waals surface area contributed by atoms with Crippen LogP contribution in [0.3, 0.4) is 0 Å². The number of methoxy groups -OCH3 is 1. The number of rotatable bonds is 6. The van der Waals surface area contributed by atoms with Crippen molar-refractivity contribution in [3.63, 3.8) is 0 Å². The molecule has 0 spiro atoms. The van der Waals surface area contributed by atoms with Crippen LogP contribution in [-0.2, 0) is 16.6 Å². The monoisotopic (exact) mass is 364 g/mol. The van der Waals surface area contributed by atoms with Crippen molar-refractivity contribution < 1.29 is 13.2 Å². The van der Waals surface area contributed by atoms with Crippen LogP contribution < -0.4 is 14.4 Å². The predicted molar refractivity (Wildman–Crippen MR) is 97.6 cm³/mol. The molecule has 0 bridgehead atoms. The Bertz CT molecular complexity index is 880. The maximum absolute atomic E-state index is 12.7. The highest BCUT2D eigenvalue weighted by molar-refractivity contribution is 7.89.